The molecule has 170 valence electrons. The quantitative estimate of drug-likeness (QED) is 0.188. The standard InChI is InChI=1S/C26H25ClN2O4/c1-2-3-5-19-8-14-23(15-9-19)32-18-25(30)29-28-17-20-6-4-7-24(16-20)33-26(31)21-10-12-22(27)13-11-21/h4,6-17H,2-3,5,18H2,1H3,(H,29,30)/b28-17+. The van der Waals surface area contributed by atoms with E-state index < -0.39 is 5.97 Å². The first-order valence-corrected chi connectivity index (χ1v) is 11.0. The lowest BCUT2D eigenvalue weighted by Crippen LogP contribution is -2.24. The number of halogens is 1. The molecule has 0 saturated carbocycles. The maximum atomic E-state index is 12.2. The number of amides is 1. The summed E-state index contributed by atoms with van der Waals surface area (Å²) < 4.78 is 10.9. The first-order chi connectivity index (χ1) is 16.0. The van der Waals surface area contributed by atoms with Crippen LogP contribution in [0, 0.1) is 0 Å². The summed E-state index contributed by atoms with van der Waals surface area (Å²) in [6.45, 7) is 2.01. The van der Waals surface area contributed by atoms with Gasteiger partial charge in [0.05, 0.1) is 11.8 Å². The first-order valence-electron chi connectivity index (χ1n) is 10.6. The molecule has 0 heterocycles. The van der Waals surface area contributed by atoms with Gasteiger partial charge in [0.2, 0.25) is 0 Å². The van der Waals surface area contributed by atoms with Crippen LogP contribution in [0.3, 0.4) is 0 Å². The van der Waals surface area contributed by atoms with Gasteiger partial charge in [0, 0.05) is 5.02 Å². The zero-order chi connectivity index (χ0) is 23.5. The van der Waals surface area contributed by atoms with Crippen molar-refractivity contribution in [3.05, 3.63) is 94.5 Å². The second kappa shape index (κ2) is 12.4. The second-order valence-corrected chi connectivity index (χ2v) is 7.73. The molecule has 0 aliphatic carbocycles. The third-order valence-electron chi connectivity index (χ3n) is 4.66. The first kappa shape index (κ1) is 24.0. The fourth-order valence-corrected chi connectivity index (χ4v) is 3.03. The summed E-state index contributed by atoms with van der Waals surface area (Å²) in [6, 6.07) is 21.0. The van der Waals surface area contributed by atoms with Crippen molar-refractivity contribution in [3.63, 3.8) is 0 Å². The molecule has 3 rings (SSSR count). The Morgan fingerprint density at radius 3 is 2.48 bits per heavy atom. The molecule has 0 aliphatic rings. The fourth-order valence-electron chi connectivity index (χ4n) is 2.90. The van der Waals surface area contributed by atoms with Crippen molar-refractivity contribution in [1.29, 1.82) is 0 Å². The van der Waals surface area contributed by atoms with Gasteiger partial charge in [-0.3, -0.25) is 4.79 Å². The number of nitrogens with zero attached hydrogens (tertiary/aromatic N) is 1. The number of hydrazone groups is 1. The van der Waals surface area contributed by atoms with Crippen LogP contribution < -0.4 is 14.9 Å². The number of benzene rings is 3. The average molecular weight is 465 g/mol. The molecule has 0 saturated heterocycles. The van der Waals surface area contributed by atoms with E-state index in [-0.39, 0.29) is 12.5 Å². The van der Waals surface area contributed by atoms with Crippen LogP contribution in [-0.4, -0.2) is 24.7 Å². The Morgan fingerprint density at radius 2 is 1.76 bits per heavy atom. The number of carbonyl (C=O) groups is 2. The summed E-state index contributed by atoms with van der Waals surface area (Å²) in [4.78, 5) is 24.2. The number of hydrogen-bond acceptors (Lipinski definition) is 5. The Bertz CT molecular complexity index is 1100. The van der Waals surface area contributed by atoms with Gasteiger partial charge < -0.3 is 9.47 Å². The number of esters is 1. The Morgan fingerprint density at radius 1 is 1.00 bits per heavy atom. The van der Waals surface area contributed by atoms with E-state index in [0.29, 0.717) is 27.6 Å². The lowest BCUT2D eigenvalue weighted by Gasteiger charge is -2.06. The van der Waals surface area contributed by atoms with Crippen molar-refractivity contribution >= 4 is 29.7 Å². The van der Waals surface area contributed by atoms with Crippen molar-refractivity contribution in [2.45, 2.75) is 26.2 Å². The molecule has 0 radical (unpaired) electrons. The van der Waals surface area contributed by atoms with Crippen molar-refractivity contribution in [2.24, 2.45) is 5.10 Å². The number of carbonyl (C=O) groups excluding carboxylic acids is 2. The van der Waals surface area contributed by atoms with Crippen LogP contribution in [0.2, 0.25) is 5.02 Å². The van der Waals surface area contributed by atoms with E-state index in [1.165, 1.54) is 11.8 Å². The van der Waals surface area contributed by atoms with Crippen molar-refractivity contribution in [3.8, 4) is 11.5 Å². The second-order valence-electron chi connectivity index (χ2n) is 7.30. The van der Waals surface area contributed by atoms with Crippen molar-refractivity contribution in [2.75, 3.05) is 6.61 Å². The van der Waals surface area contributed by atoms with Crippen LogP contribution in [0.1, 0.15) is 41.3 Å². The highest BCUT2D eigenvalue weighted by molar-refractivity contribution is 6.30. The molecule has 33 heavy (non-hydrogen) atoms. The maximum Gasteiger partial charge on any atom is 0.343 e. The molecule has 6 nitrogen and oxygen atoms in total. The number of rotatable bonds is 10. The molecule has 0 bridgehead atoms. The maximum absolute atomic E-state index is 12.2. The topological polar surface area (TPSA) is 77.0 Å². The van der Waals surface area contributed by atoms with E-state index in [2.05, 4.69) is 17.5 Å². The molecule has 1 amide bonds. The largest absolute Gasteiger partial charge is 0.484 e. The van der Waals surface area contributed by atoms with Gasteiger partial charge in [-0.1, -0.05) is 49.2 Å². The van der Waals surface area contributed by atoms with Gasteiger partial charge in [0.15, 0.2) is 6.61 Å². The molecule has 0 aliphatic heterocycles. The zero-order valence-electron chi connectivity index (χ0n) is 18.3. The Kier molecular flexibility index (Phi) is 9.03. The van der Waals surface area contributed by atoms with Crippen LogP contribution in [0.25, 0.3) is 0 Å². The summed E-state index contributed by atoms with van der Waals surface area (Å²) >= 11 is 5.84. The van der Waals surface area contributed by atoms with Gasteiger partial charge in [-0.25, -0.2) is 10.2 Å². The van der Waals surface area contributed by atoms with Crippen LogP contribution in [0.5, 0.6) is 11.5 Å². The third kappa shape index (κ3) is 8.09. The highest BCUT2D eigenvalue weighted by Crippen LogP contribution is 2.16. The van der Waals surface area contributed by atoms with E-state index in [1.54, 1.807) is 48.5 Å². The summed E-state index contributed by atoms with van der Waals surface area (Å²) in [5.74, 6) is 0.108. The Labute approximate surface area is 198 Å². The lowest BCUT2D eigenvalue weighted by atomic mass is 10.1. The number of aryl methyl sites for hydroxylation is 1. The highest BCUT2D eigenvalue weighted by atomic mass is 35.5. The third-order valence-corrected chi connectivity index (χ3v) is 4.92. The van der Waals surface area contributed by atoms with E-state index in [1.807, 2.05) is 24.3 Å². The van der Waals surface area contributed by atoms with Crippen LogP contribution in [0.4, 0.5) is 0 Å². The predicted octanol–water partition coefficient (Wildman–Crippen LogP) is 5.43. The minimum atomic E-state index is -0.496. The Hall–Kier alpha value is -3.64. The molecule has 1 N–H and O–H groups in total. The molecule has 0 atom stereocenters. The molecule has 3 aromatic carbocycles. The number of hydrogen-bond donors (Lipinski definition) is 1. The smallest absolute Gasteiger partial charge is 0.343 e. The monoisotopic (exact) mass is 464 g/mol. The summed E-state index contributed by atoms with van der Waals surface area (Å²) in [5.41, 5.74) is 4.71. The van der Waals surface area contributed by atoms with Gasteiger partial charge in [-0.2, -0.15) is 5.10 Å². The highest BCUT2D eigenvalue weighted by Gasteiger charge is 2.08. The minimum Gasteiger partial charge on any atom is -0.484 e. The molecule has 7 heteroatoms. The number of unbranched alkanes of at least 4 members (excludes halogenated alkanes) is 1. The summed E-state index contributed by atoms with van der Waals surface area (Å²) in [7, 11) is 0. The van der Waals surface area contributed by atoms with Gasteiger partial charge >= 0.3 is 5.97 Å². The van der Waals surface area contributed by atoms with Gasteiger partial charge in [-0.05, 0) is 72.5 Å². The predicted molar refractivity (Wildman–Crippen MR) is 129 cm³/mol. The normalized spacial score (nSPS) is 10.7. The molecule has 3 aromatic rings. The molecule has 0 unspecified atom stereocenters. The molecule has 0 spiro atoms. The van der Waals surface area contributed by atoms with Crippen LogP contribution >= 0.6 is 11.6 Å². The lowest BCUT2D eigenvalue weighted by molar-refractivity contribution is -0.123. The van der Waals surface area contributed by atoms with Crippen LogP contribution in [0.15, 0.2) is 77.9 Å². The number of nitrogens with one attached hydrogen (secondary N) is 1. The van der Waals surface area contributed by atoms with E-state index in [0.717, 1.165) is 19.3 Å². The van der Waals surface area contributed by atoms with Gasteiger partial charge in [0.1, 0.15) is 11.5 Å². The molecular formula is C26H25ClN2O4. The number of ether oxygens (including phenoxy) is 2. The average Bonchev–Trinajstić information content (AvgIpc) is 2.83. The van der Waals surface area contributed by atoms with Gasteiger partial charge in [0.25, 0.3) is 5.91 Å². The molecule has 0 aromatic heterocycles. The van der Waals surface area contributed by atoms with Gasteiger partial charge in [-0.15, -0.1) is 0 Å². The van der Waals surface area contributed by atoms with Crippen LogP contribution in [-0.2, 0) is 11.2 Å². The molecular weight excluding hydrogens is 440 g/mol. The van der Waals surface area contributed by atoms with E-state index in [9.17, 15) is 9.59 Å². The minimum absolute atomic E-state index is 0.148. The molecule has 0 fully saturated rings. The van der Waals surface area contributed by atoms with Crippen molar-refractivity contribution in [1.82, 2.24) is 5.43 Å². The van der Waals surface area contributed by atoms with Crippen molar-refractivity contribution < 1.29 is 19.1 Å². The zero-order valence-corrected chi connectivity index (χ0v) is 19.0. The van der Waals surface area contributed by atoms with E-state index >= 15 is 0 Å². The summed E-state index contributed by atoms with van der Waals surface area (Å²) in [6.07, 6.45) is 4.79. The SMILES string of the molecule is CCCCc1ccc(OCC(=O)N/N=C/c2cccc(OC(=O)c3ccc(Cl)cc3)c2)cc1. The fraction of sp³-hybridized carbons (Fsp3) is 0.192. The summed E-state index contributed by atoms with van der Waals surface area (Å²) in [5, 5.41) is 4.47. The Balaban J connectivity index is 1.46. The van der Waals surface area contributed by atoms with E-state index in [4.69, 9.17) is 21.1 Å².